The van der Waals surface area contributed by atoms with Crippen molar-refractivity contribution >= 4 is 31.6 Å². The van der Waals surface area contributed by atoms with Crippen LogP contribution in [-0.2, 0) is 0 Å². The van der Waals surface area contributed by atoms with Gasteiger partial charge in [-0.05, 0) is 6.07 Å². The molecular weight excluding hydrogens is 252 g/mol. The Labute approximate surface area is 114 Å². The van der Waals surface area contributed by atoms with Crippen LogP contribution in [0.25, 0.3) is 31.7 Å². The summed E-state index contributed by atoms with van der Waals surface area (Å²) in [5, 5.41) is 1.21. The first-order valence-electron chi connectivity index (χ1n) is 6.11. The molecule has 0 atom stereocenters. The Balaban J connectivity index is 2.03. The lowest BCUT2D eigenvalue weighted by Crippen LogP contribution is -1.87. The molecule has 0 aliphatic rings. The molecule has 2 nitrogen and oxygen atoms in total. The minimum atomic E-state index is 0.789. The van der Waals surface area contributed by atoms with E-state index in [0.717, 1.165) is 21.6 Å². The van der Waals surface area contributed by atoms with Crippen molar-refractivity contribution in [2.75, 3.05) is 0 Å². The van der Waals surface area contributed by atoms with Crippen LogP contribution in [0.15, 0.2) is 60.8 Å². The van der Waals surface area contributed by atoms with E-state index < -0.39 is 0 Å². The van der Waals surface area contributed by atoms with Crippen molar-refractivity contribution in [1.82, 2.24) is 9.97 Å². The standard InChI is InChI=1S/C16H10N2S/c1-2-6-11(7-3-1)16-17-10-14-15(18-16)12-8-4-5-9-13(12)19-14/h1-10H. The van der Waals surface area contributed by atoms with Crippen LogP contribution in [0.5, 0.6) is 0 Å². The Morgan fingerprint density at radius 3 is 2.47 bits per heavy atom. The Kier molecular flexibility index (Phi) is 2.32. The largest absolute Gasteiger partial charge is 0.235 e. The molecule has 0 N–H and O–H groups in total. The van der Waals surface area contributed by atoms with Crippen molar-refractivity contribution in [2.24, 2.45) is 0 Å². The predicted molar refractivity (Wildman–Crippen MR) is 80.4 cm³/mol. The molecule has 90 valence electrons. The highest BCUT2D eigenvalue weighted by atomic mass is 32.1. The maximum atomic E-state index is 4.73. The lowest BCUT2D eigenvalue weighted by Gasteiger charge is -1.99. The van der Waals surface area contributed by atoms with Crippen LogP contribution >= 0.6 is 11.3 Å². The average molecular weight is 262 g/mol. The molecule has 0 bridgehead atoms. The van der Waals surface area contributed by atoms with Gasteiger partial charge in [0.05, 0.1) is 10.2 Å². The molecule has 0 radical (unpaired) electrons. The average Bonchev–Trinajstić information content (AvgIpc) is 2.86. The van der Waals surface area contributed by atoms with E-state index in [1.165, 1.54) is 10.1 Å². The Bertz CT molecular complexity index is 866. The molecule has 0 spiro atoms. The molecule has 0 fully saturated rings. The maximum Gasteiger partial charge on any atom is 0.159 e. The number of thiophene rings is 1. The number of aromatic nitrogens is 2. The van der Waals surface area contributed by atoms with Crippen molar-refractivity contribution in [3.05, 3.63) is 60.8 Å². The monoisotopic (exact) mass is 262 g/mol. The molecule has 2 aromatic carbocycles. The fraction of sp³-hybridized carbons (Fsp3) is 0. The van der Waals surface area contributed by atoms with Crippen LogP contribution in [-0.4, -0.2) is 9.97 Å². The van der Waals surface area contributed by atoms with Gasteiger partial charge in [0.25, 0.3) is 0 Å². The number of benzene rings is 2. The fourth-order valence-corrected chi connectivity index (χ4v) is 3.25. The van der Waals surface area contributed by atoms with Gasteiger partial charge in [-0.2, -0.15) is 0 Å². The summed E-state index contributed by atoms with van der Waals surface area (Å²) in [5.74, 6) is 0.789. The highest BCUT2D eigenvalue weighted by Crippen LogP contribution is 2.32. The molecule has 2 aromatic heterocycles. The normalized spacial score (nSPS) is 11.2. The lowest BCUT2D eigenvalue weighted by molar-refractivity contribution is 1.24. The number of fused-ring (bicyclic) bond motifs is 3. The molecule has 0 aliphatic carbocycles. The zero-order chi connectivity index (χ0) is 12.7. The Morgan fingerprint density at radius 2 is 1.58 bits per heavy atom. The zero-order valence-corrected chi connectivity index (χ0v) is 10.9. The van der Waals surface area contributed by atoms with Crippen molar-refractivity contribution in [3.8, 4) is 11.4 Å². The molecule has 4 aromatic rings. The highest BCUT2D eigenvalue weighted by Gasteiger charge is 2.08. The second kappa shape index (κ2) is 4.14. The summed E-state index contributed by atoms with van der Waals surface area (Å²) >= 11 is 1.74. The smallest absolute Gasteiger partial charge is 0.159 e. The van der Waals surface area contributed by atoms with Gasteiger partial charge < -0.3 is 0 Å². The van der Waals surface area contributed by atoms with E-state index in [9.17, 15) is 0 Å². The number of nitrogens with zero attached hydrogens (tertiary/aromatic N) is 2. The summed E-state index contributed by atoms with van der Waals surface area (Å²) in [6.45, 7) is 0. The molecule has 0 unspecified atom stereocenters. The minimum absolute atomic E-state index is 0.789. The van der Waals surface area contributed by atoms with Crippen LogP contribution in [0.1, 0.15) is 0 Å². The van der Waals surface area contributed by atoms with E-state index in [4.69, 9.17) is 4.98 Å². The zero-order valence-electron chi connectivity index (χ0n) is 10.1. The molecule has 0 aliphatic heterocycles. The number of hydrogen-bond donors (Lipinski definition) is 0. The summed E-state index contributed by atoms with van der Waals surface area (Å²) in [4.78, 5) is 9.20. The highest BCUT2D eigenvalue weighted by molar-refractivity contribution is 7.25. The second-order valence-corrected chi connectivity index (χ2v) is 5.45. The first kappa shape index (κ1) is 10.6. The first-order chi connectivity index (χ1) is 9.42. The maximum absolute atomic E-state index is 4.73. The van der Waals surface area contributed by atoms with Crippen LogP contribution in [0.3, 0.4) is 0 Å². The van der Waals surface area contributed by atoms with Crippen molar-refractivity contribution < 1.29 is 0 Å². The third kappa shape index (κ3) is 1.71. The SMILES string of the molecule is c1ccc(-c2ncc3sc4ccccc4c3n2)cc1. The van der Waals surface area contributed by atoms with Crippen molar-refractivity contribution in [2.45, 2.75) is 0 Å². The van der Waals surface area contributed by atoms with Gasteiger partial charge in [-0.3, -0.25) is 0 Å². The van der Waals surface area contributed by atoms with Crippen LogP contribution < -0.4 is 0 Å². The van der Waals surface area contributed by atoms with Crippen LogP contribution in [0, 0.1) is 0 Å². The molecule has 19 heavy (non-hydrogen) atoms. The topological polar surface area (TPSA) is 25.8 Å². The molecule has 2 heterocycles. The van der Waals surface area contributed by atoms with E-state index in [1.54, 1.807) is 11.3 Å². The summed E-state index contributed by atoms with van der Waals surface area (Å²) in [7, 11) is 0. The summed E-state index contributed by atoms with van der Waals surface area (Å²) in [6.07, 6.45) is 1.93. The molecule has 0 saturated heterocycles. The van der Waals surface area contributed by atoms with Gasteiger partial charge in [-0.1, -0.05) is 48.5 Å². The van der Waals surface area contributed by atoms with E-state index in [0.29, 0.717) is 0 Å². The molecular formula is C16H10N2S. The summed E-state index contributed by atoms with van der Waals surface area (Å²) < 4.78 is 2.40. The molecule has 0 amide bonds. The van der Waals surface area contributed by atoms with E-state index in [-0.39, 0.29) is 0 Å². The van der Waals surface area contributed by atoms with Crippen LogP contribution in [0.4, 0.5) is 0 Å². The molecule has 4 rings (SSSR count). The molecule has 3 heteroatoms. The molecule has 0 saturated carbocycles. The first-order valence-corrected chi connectivity index (χ1v) is 6.93. The van der Waals surface area contributed by atoms with Gasteiger partial charge in [0, 0.05) is 21.8 Å². The van der Waals surface area contributed by atoms with E-state index in [1.807, 2.05) is 36.5 Å². The summed E-state index contributed by atoms with van der Waals surface area (Å²) in [6, 6.07) is 18.5. The Hall–Kier alpha value is -2.26. The number of hydrogen-bond acceptors (Lipinski definition) is 3. The van der Waals surface area contributed by atoms with Gasteiger partial charge in [-0.15, -0.1) is 11.3 Å². The van der Waals surface area contributed by atoms with Gasteiger partial charge in [-0.25, -0.2) is 9.97 Å². The van der Waals surface area contributed by atoms with Gasteiger partial charge in [0.1, 0.15) is 0 Å². The summed E-state index contributed by atoms with van der Waals surface area (Å²) in [5.41, 5.74) is 2.11. The van der Waals surface area contributed by atoms with E-state index in [2.05, 4.69) is 29.2 Å². The van der Waals surface area contributed by atoms with Crippen molar-refractivity contribution in [3.63, 3.8) is 0 Å². The van der Waals surface area contributed by atoms with Gasteiger partial charge in [0.15, 0.2) is 5.82 Å². The second-order valence-electron chi connectivity index (χ2n) is 4.37. The fourth-order valence-electron chi connectivity index (χ4n) is 2.23. The van der Waals surface area contributed by atoms with Crippen LogP contribution in [0.2, 0.25) is 0 Å². The Morgan fingerprint density at radius 1 is 0.789 bits per heavy atom. The van der Waals surface area contributed by atoms with E-state index >= 15 is 0 Å². The quantitative estimate of drug-likeness (QED) is 0.504. The van der Waals surface area contributed by atoms with Crippen molar-refractivity contribution in [1.29, 1.82) is 0 Å². The van der Waals surface area contributed by atoms with Gasteiger partial charge >= 0.3 is 0 Å². The lowest BCUT2D eigenvalue weighted by atomic mass is 10.2. The van der Waals surface area contributed by atoms with Gasteiger partial charge in [0.2, 0.25) is 0 Å². The predicted octanol–water partition coefficient (Wildman–Crippen LogP) is 4.51. The minimum Gasteiger partial charge on any atom is -0.235 e. The number of rotatable bonds is 1. The third-order valence-electron chi connectivity index (χ3n) is 3.15. The third-order valence-corrected chi connectivity index (χ3v) is 4.24.